The first-order valence-electron chi connectivity index (χ1n) is 6.03. The molecule has 21 heavy (non-hydrogen) atoms. The van der Waals surface area contributed by atoms with E-state index < -0.39 is 28.1 Å². The fraction of sp³-hybridized carbons (Fsp3) is 0.385. The van der Waals surface area contributed by atoms with Crippen LogP contribution in [0.2, 0.25) is 0 Å². The van der Waals surface area contributed by atoms with Crippen LogP contribution in [-0.2, 0) is 9.53 Å². The smallest absolute Gasteiger partial charge is 0.335 e. The van der Waals surface area contributed by atoms with Crippen molar-refractivity contribution >= 4 is 23.3 Å². The molecule has 1 rings (SSSR count). The van der Waals surface area contributed by atoms with E-state index >= 15 is 0 Å². The summed E-state index contributed by atoms with van der Waals surface area (Å²) >= 11 is 0. The number of nitro benzene ring substituents is 1. The van der Waals surface area contributed by atoms with E-state index in [1.807, 2.05) is 0 Å². The lowest BCUT2D eigenvalue weighted by Crippen LogP contribution is -2.29. The van der Waals surface area contributed by atoms with Gasteiger partial charge in [-0.1, -0.05) is 0 Å². The number of hydrogen-bond acceptors (Lipinski definition) is 5. The van der Waals surface area contributed by atoms with E-state index in [1.165, 1.54) is 19.2 Å². The zero-order valence-corrected chi connectivity index (χ0v) is 11.9. The molecule has 0 spiro atoms. The molecule has 0 unspecified atom stereocenters. The van der Waals surface area contributed by atoms with Gasteiger partial charge in [-0.2, -0.15) is 0 Å². The Bertz CT molecular complexity index is 582. The van der Waals surface area contributed by atoms with E-state index in [9.17, 15) is 19.7 Å². The number of anilines is 1. The van der Waals surface area contributed by atoms with Crippen molar-refractivity contribution in [3.63, 3.8) is 0 Å². The van der Waals surface area contributed by atoms with E-state index in [-0.39, 0.29) is 17.7 Å². The van der Waals surface area contributed by atoms with Crippen molar-refractivity contribution < 1.29 is 24.4 Å². The lowest BCUT2D eigenvalue weighted by atomic mass is 10.0. The van der Waals surface area contributed by atoms with Crippen molar-refractivity contribution in [2.75, 3.05) is 12.4 Å². The van der Waals surface area contributed by atoms with Crippen LogP contribution in [0.15, 0.2) is 18.2 Å². The highest BCUT2D eigenvalue weighted by atomic mass is 16.6. The minimum atomic E-state index is -1.28. The summed E-state index contributed by atoms with van der Waals surface area (Å²) in [6.07, 6.45) is 0.00133. The number of nitro groups is 1. The minimum Gasteiger partial charge on any atom is -0.478 e. The Kier molecular flexibility index (Phi) is 4.98. The summed E-state index contributed by atoms with van der Waals surface area (Å²) in [4.78, 5) is 32.9. The molecular weight excluding hydrogens is 280 g/mol. The SMILES string of the molecule is COC(C)(C)CC(=O)Nc1ccc(C(=O)O)cc1[N+](=O)[O-]. The molecule has 0 aromatic heterocycles. The molecule has 0 atom stereocenters. The van der Waals surface area contributed by atoms with Crippen molar-refractivity contribution in [3.8, 4) is 0 Å². The predicted molar refractivity (Wildman–Crippen MR) is 74.4 cm³/mol. The van der Waals surface area contributed by atoms with Gasteiger partial charge < -0.3 is 15.2 Å². The van der Waals surface area contributed by atoms with Gasteiger partial charge in [-0.15, -0.1) is 0 Å². The van der Waals surface area contributed by atoms with Crippen LogP contribution in [0.3, 0.4) is 0 Å². The van der Waals surface area contributed by atoms with Crippen LogP contribution in [0, 0.1) is 10.1 Å². The number of benzene rings is 1. The molecule has 0 aliphatic heterocycles. The Hall–Kier alpha value is -2.48. The van der Waals surface area contributed by atoms with E-state index in [1.54, 1.807) is 13.8 Å². The third-order valence-corrected chi connectivity index (χ3v) is 2.85. The molecule has 0 saturated heterocycles. The zero-order chi connectivity index (χ0) is 16.2. The maximum absolute atomic E-state index is 11.9. The summed E-state index contributed by atoms with van der Waals surface area (Å²) in [5, 5.41) is 22.2. The Morgan fingerprint density at radius 1 is 1.43 bits per heavy atom. The largest absolute Gasteiger partial charge is 0.478 e. The van der Waals surface area contributed by atoms with E-state index in [2.05, 4.69) is 5.32 Å². The number of ether oxygens (including phenoxy) is 1. The standard InChI is InChI=1S/C13H16N2O6/c1-13(2,21-3)7-11(16)14-9-5-4-8(12(17)18)6-10(9)15(19)20/h4-6H,7H2,1-3H3,(H,14,16)(H,17,18). The first-order chi connectivity index (χ1) is 9.66. The highest BCUT2D eigenvalue weighted by Gasteiger charge is 2.24. The second-order valence-corrected chi connectivity index (χ2v) is 4.98. The summed E-state index contributed by atoms with van der Waals surface area (Å²) in [6, 6.07) is 3.28. The van der Waals surface area contributed by atoms with Gasteiger partial charge in [-0.05, 0) is 26.0 Å². The van der Waals surface area contributed by atoms with E-state index in [0.717, 1.165) is 6.07 Å². The van der Waals surface area contributed by atoms with Crippen molar-refractivity contribution in [1.29, 1.82) is 0 Å². The number of nitrogens with zero attached hydrogens (tertiary/aromatic N) is 1. The molecule has 1 aromatic carbocycles. The third-order valence-electron chi connectivity index (χ3n) is 2.85. The van der Waals surface area contributed by atoms with Crippen LogP contribution < -0.4 is 5.32 Å². The summed E-state index contributed by atoms with van der Waals surface area (Å²) in [6.45, 7) is 3.41. The van der Waals surface area contributed by atoms with Gasteiger partial charge in [0.15, 0.2) is 0 Å². The zero-order valence-electron chi connectivity index (χ0n) is 11.9. The number of nitrogens with one attached hydrogen (secondary N) is 1. The second-order valence-electron chi connectivity index (χ2n) is 4.98. The van der Waals surface area contributed by atoms with Gasteiger partial charge in [0.2, 0.25) is 5.91 Å². The van der Waals surface area contributed by atoms with Crippen LogP contribution in [-0.4, -0.2) is 34.6 Å². The average Bonchev–Trinajstić information content (AvgIpc) is 2.37. The topological polar surface area (TPSA) is 119 Å². The number of carbonyl (C=O) groups excluding carboxylic acids is 1. The van der Waals surface area contributed by atoms with Crippen LogP contribution in [0.5, 0.6) is 0 Å². The normalized spacial score (nSPS) is 11.0. The summed E-state index contributed by atoms with van der Waals surface area (Å²) in [5.74, 6) is -1.75. The Morgan fingerprint density at radius 3 is 2.52 bits per heavy atom. The molecular formula is C13H16N2O6. The molecule has 0 radical (unpaired) electrons. The first-order valence-corrected chi connectivity index (χ1v) is 6.03. The van der Waals surface area contributed by atoms with Crippen LogP contribution >= 0.6 is 0 Å². The molecule has 1 aromatic rings. The van der Waals surface area contributed by atoms with Crippen molar-refractivity contribution in [3.05, 3.63) is 33.9 Å². The molecule has 1 amide bonds. The number of carbonyl (C=O) groups is 2. The Morgan fingerprint density at radius 2 is 2.05 bits per heavy atom. The monoisotopic (exact) mass is 296 g/mol. The number of rotatable bonds is 6. The quantitative estimate of drug-likeness (QED) is 0.612. The number of hydrogen-bond donors (Lipinski definition) is 2. The lowest BCUT2D eigenvalue weighted by Gasteiger charge is -2.21. The van der Waals surface area contributed by atoms with Gasteiger partial charge >= 0.3 is 5.97 Å². The van der Waals surface area contributed by atoms with Gasteiger partial charge in [0.1, 0.15) is 5.69 Å². The Labute approximate surface area is 120 Å². The van der Waals surface area contributed by atoms with Crippen molar-refractivity contribution in [2.24, 2.45) is 0 Å². The number of carboxylic acids is 1. The number of amides is 1. The fourth-order valence-corrected chi connectivity index (χ4v) is 1.57. The van der Waals surface area contributed by atoms with Crippen LogP contribution in [0.1, 0.15) is 30.6 Å². The molecule has 0 fully saturated rings. The van der Waals surface area contributed by atoms with Crippen molar-refractivity contribution in [2.45, 2.75) is 25.9 Å². The van der Waals surface area contributed by atoms with Gasteiger partial charge in [0, 0.05) is 13.2 Å². The number of methoxy groups -OCH3 is 1. The van der Waals surface area contributed by atoms with E-state index in [0.29, 0.717) is 0 Å². The molecule has 114 valence electrons. The third kappa shape index (κ3) is 4.53. The van der Waals surface area contributed by atoms with Crippen LogP contribution in [0.25, 0.3) is 0 Å². The highest BCUT2D eigenvalue weighted by molar-refractivity contribution is 5.95. The second kappa shape index (κ2) is 6.31. The molecule has 0 heterocycles. The average molecular weight is 296 g/mol. The van der Waals surface area contributed by atoms with Crippen molar-refractivity contribution in [1.82, 2.24) is 0 Å². The van der Waals surface area contributed by atoms with E-state index in [4.69, 9.17) is 9.84 Å². The molecule has 8 nitrogen and oxygen atoms in total. The number of carboxylic acid groups (broad SMARTS) is 1. The molecule has 0 aliphatic rings. The van der Waals surface area contributed by atoms with Gasteiger partial charge in [-0.3, -0.25) is 14.9 Å². The maximum atomic E-state index is 11.9. The lowest BCUT2D eigenvalue weighted by molar-refractivity contribution is -0.384. The molecule has 0 aliphatic carbocycles. The maximum Gasteiger partial charge on any atom is 0.335 e. The fourth-order valence-electron chi connectivity index (χ4n) is 1.57. The molecule has 2 N–H and O–H groups in total. The molecule has 0 saturated carbocycles. The summed E-state index contributed by atoms with van der Waals surface area (Å²) in [7, 11) is 1.46. The summed E-state index contributed by atoms with van der Waals surface area (Å²) < 4.78 is 5.10. The van der Waals surface area contributed by atoms with Gasteiger partial charge in [-0.25, -0.2) is 4.79 Å². The van der Waals surface area contributed by atoms with Crippen LogP contribution in [0.4, 0.5) is 11.4 Å². The molecule has 8 heteroatoms. The Balaban J connectivity index is 3.00. The predicted octanol–water partition coefficient (Wildman–Crippen LogP) is 2.05. The number of aromatic carboxylic acids is 1. The van der Waals surface area contributed by atoms with Gasteiger partial charge in [0.05, 0.1) is 22.5 Å². The highest BCUT2D eigenvalue weighted by Crippen LogP contribution is 2.26. The van der Waals surface area contributed by atoms with Gasteiger partial charge in [0.25, 0.3) is 5.69 Å². The molecule has 0 bridgehead atoms. The summed E-state index contributed by atoms with van der Waals surface area (Å²) in [5.41, 5.74) is -1.46. The minimum absolute atomic E-state index is 0.00133. The first kappa shape index (κ1) is 16.6.